The summed E-state index contributed by atoms with van der Waals surface area (Å²) in [5, 5.41) is 4.30. The van der Waals surface area contributed by atoms with Gasteiger partial charge < -0.3 is 4.52 Å². The molecule has 1 heterocycles. The molecule has 0 unspecified atom stereocenters. The topological polar surface area (TPSA) is 55.5 Å². The van der Waals surface area contributed by atoms with Crippen LogP contribution in [-0.4, -0.2) is 11.2 Å². The maximum Gasteiger partial charge on any atom is 0.240 e. The summed E-state index contributed by atoms with van der Waals surface area (Å²) in [6.45, 7) is 1.72. The highest BCUT2D eigenvalue weighted by Crippen LogP contribution is 2.26. The highest BCUT2D eigenvalue weighted by atomic mass is 19.1. The molecule has 2 aromatic rings. The molecule has 0 aliphatic heterocycles. The molecule has 0 amide bonds. The number of aliphatic imine (C=N–C) groups is 1. The van der Waals surface area contributed by atoms with Gasteiger partial charge in [0, 0.05) is 11.5 Å². The van der Waals surface area contributed by atoms with E-state index in [4.69, 9.17) is 4.52 Å². The van der Waals surface area contributed by atoms with E-state index in [1.165, 1.54) is 12.1 Å². The zero-order chi connectivity index (χ0) is 10.1. The third kappa shape index (κ3) is 1.20. The van der Waals surface area contributed by atoms with E-state index in [1.807, 2.05) is 0 Å². The summed E-state index contributed by atoms with van der Waals surface area (Å²) >= 11 is 0. The predicted molar refractivity (Wildman–Crippen MR) is 46.5 cm³/mol. The van der Waals surface area contributed by atoms with Gasteiger partial charge in [0.15, 0.2) is 11.4 Å². The Hall–Kier alpha value is -2.00. The molecule has 0 atom stereocenters. The average Bonchev–Trinajstić information content (AvgIpc) is 2.49. The van der Waals surface area contributed by atoms with Crippen molar-refractivity contribution in [2.75, 3.05) is 0 Å². The fourth-order valence-corrected chi connectivity index (χ4v) is 1.20. The number of carbonyl (C=O) groups excluding carboxylic acids is 1. The minimum absolute atomic E-state index is 0.0567. The summed E-state index contributed by atoms with van der Waals surface area (Å²) in [5.41, 5.74) is 0.908. The Kier molecular flexibility index (Phi) is 1.87. The number of rotatable bonds is 1. The van der Waals surface area contributed by atoms with Crippen LogP contribution >= 0.6 is 0 Å². The Bertz CT molecular complexity index is 541. The Balaban J connectivity index is 2.80. The number of aromatic nitrogens is 1. The SMILES string of the molecule is Cc1noc2cc(F)c(N=C=O)cc12. The van der Waals surface area contributed by atoms with Crippen molar-refractivity contribution < 1.29 is 13.7 Å². The van der Waals surface area contributed by atoms with Gasteiger partial charge in [0.2, 0.25) is 6.08 Å². The number of nitrogens with zero attached hydrogens (tertiary/aromatic N) is 2. The first-order valence-electron chi connectivity index (χ1n) is 3.86. The largest absolute Gasteiger partial charge is 0.356 e. The van der Waals surface area contributed by atoms with Gasteiger partial charge in [0.1, 0.15) is 5.69 Å². The van der Waals surface area contributed by atoms with Crippen molar-refractivity contribution in [1.29, 1.82) is 0 Å². The first-order chi connectivity index (χ1) is 6.72. The molecule has 70 valence electrons. The van der Waals surface area contributed by atoms with Gasteiger partial charge >= 0.3 is 0 Å². The second kappa shape index (κ2) is 3.05. The van der Waals surface area contributed by atoms with Gasteiger partial charge in [-0.2, -0.15) is 4.99 Å². The van der Waals surface area contributed by atoms with Crippen molar-refractivity contribution in [1.82, 2.24) is 5.16 Å². The fourth-order valence-electron chi connectivity index (χ4n) is 1.20. The van der Waals surface area contributed by atoms with E-state index in [0.717, 1.165) is 6.07 Å². The quantitative estimate of drug-likeness (QED) is 0.514. The van der Waals surface area contributed by atoms with E-state index in [0.29, 0.717) is 16.7 Å². The van der Waals surface area contributed by atoms with E-state index >= 15 is 0 Å². The second-order valence-corrected chi connectivity index (χ2v) is 2.77. The predicted octanol–water partition coefficient (Wildman–Crippen LogP) is 2.24. The molecule has 0 aliphatic rings. The van der Waals surface area contributed by atoms with Crippen LogP contribution in [0.5, 0.6) is 0 Å². The smallest absolute Gasteiger partial charge is 0.240 e. The van der Waals surface area contributed by atoms with E-state index in [-0.39, 0.29) is 5.69 Å². The number of fused-ring (bicyclic) bond motifs is 1. The van der Waals surface area contributed by atoms with Crippen LogP contribution in [0.1, 0.15) is 5.69 Å². The fraction of sp³-hybridized carbons (Fsp3) is 0.111. The molecule has 0 fully saturated rings. The molecule has 0 aliphatic carbocycles. The summed E-state index contributed by atoms with van der Waals surface area (Å²) in [6, 6.07) is 2.55. The van der Waals surface area contributed by atoms with Crippen LogP contribution in [0.25, 0.3) is 11.0 Å². The Morgan fingerprint density at radius 2 is 2.36 bits per heavy atom. The highest BCUT2D eigenvalue weighted by molar-refractivity contribution is 5.83. The first kappa shape index (κ1) is 8.59. The molecular formula is C9H5FN2O2. The van der Waals surface area contributed by atoms with Crippen LogP contribution in [0.15, 0.2) is 21.6 Å². The van der Waals surface area contributed by atoms with E-state index < -0.39 is 5.82 Å². The summed E-state index contributed by atoms with van der Waals surface area (Å²) in [4.78, 5) is 13.2. The molecule has 0 bridgehead atoms. The lowest BCUT2D eigenvalue weighted by molar-refractivity contribution is 0.449. The van der Waals surface area contributed by atoms with Crippen molar-refractivity contribution in [3.8, 4) is 0 Å². The van der Waals surface area contributed by atoms with Gasteiger partial charge in [-0.1, -0.05) is 5.16 Å². The minimum atomic E-state index is -0.628. The van der Waals surface area contributed by atoms with Crippen molar-refractivity contribution >= 4 is 22.7 Å². The lowest BCUT2D eigenvalue weighted by atomic mass is 10.2. The molecule has 1 aromatic carbocycles. The summed E-state index contributed by atoms with van der Waals surface area (Å²) in [7, 11) is 0. The number of benzene rings is 1. The molecule has 0 saturated heterocycles. The number of aryl methyl sites for hydroxylation is 1. The Labute approximate surface area is 78.0 Å². The standard InChI is InChI=1S/C9H5FN2O2/c1-5-6-2-8(11-4-13)7(10)3-9(6)14-12-5/h2-3H,1H3. The highest BCUT2D eigenvalue weighted by Gasteiger charge is 2.09. The van der Waals surface area contributed by atoms with Crippen LogP contribution < -0.4 is 0 Å². The monoisotopic (exact) mass is 192 g/mol. The molecule has 14 heavy (non-hydrogen) atoms. The first-order valence-corrected chi connectivity index (χ1v) is 3.86. The maximum absolute atomic E-state index is 13.2. The van der Waals surface area contributed by atoms with Gasteiger partial charge in [-0.3, -0.25) is 0 Å². The number of isocyanates is 1. The van der Waals surface area contributed by atoms with E-state index in [9.17, 15) is 9.18 Å². The lowest BCUT2D eigenvalue weighted by Crippen LogP contribution is -1.76. The summed E-state index contributed by atoms with van der Waals surface area (Å²) in [5.74, 6) is -0.628. The molecule has 0 saturated carbocycles. The molecule has 2 rings (SSSR count). The van der Waals surface area contributed by atoms with Crippen LogP contribution in [0, 0.1) is 12.7 Å². The molecule has 1 aromatic heterocycles. The molecule has 5 heteroatoms. The average molecular weight is 192 g/mol. The van der Waals surface area contributed by atoms with Crippen LogP contribution in [0.2, 0.25) is 0 Å². The van der Waals surface area contributed by atoms with Crippen molar-refractivity contribution in [3.05, 3.63) is 23.6 Å². The third-order valence-electron chi connectivity index (χ3n) is 1.89. The van der Waals surface area contributed by atoms with Gasteiger partial charge in [-0.15, -0.1) is 0 Å². The van der Waals surface area contributed by atoms with Gasteiger partial charge in [0.05, 0.1) is 5.69 Å². The maximum atomic E-state index is 13.2. The van der Waals surface area contributed by atoms with Crippen molar-refractivity contribution in [2.45, 2.75) is 6.92 Å². The molecule has 4 nitrogen and oxygen atoms in total. The number of hydrogen-bond donors (Lipinski definition) is 0. The molecular weight excluding hydrogens is 187 g/mol. The third-order valence-corrected chi connectivity index (χ3v) is 1.89. The van der Waals surface area contributed by atoms with Crippen LogP contribution in [0.3, 0.4) is 0 Å². The Morgan fingerprint density at radius 3 is 3.07 bits per heavy atom. The van der Waals surface area contributed by atoms with Crippen LogP contribution in [0.4, 0.5) is 10.1 Å². The summed E-state index contributed by atoms with van der Waals surface area (Å²) < 4.78 is 18.0. The van der Waals surface area contributed by atoms with Crippen molar-refractivity contribution in [2.24, 2.45) is 4.99 Å². The summed E-state index contributed by atoms with van der Waals surface area (Å²) in [6.07, 6.45) is 1.29. The number of hydrogen-bond acceptors (Lipinski definition) is 4. The minimum Gasteiger partial charge on any atom is -0.356 e. The number of halogens is 1. The molecule has 0 radical (unpaired) electrons. The Morgan fingerprint density at radius 1 is 1.57 bits per heavy atom. The van der Waals surface area contributed by atoms with E-state index in [2.05, 4.69) is 10.1 Å². The lowest BCUT2D eigenvalue weighted by Gasteiger charge is -1.93. The zero-order valence-corrected chi connectivity index (χ0v) is 7.24. The second-order valence-electron chi connectivity index (χ2n) is 2.77. The molecule has 0 spiro atoms. The van der Waals surface area contributed by atoms with Gasteiger partial charge in [-0.25, -0.2) is 9.18 Å². The van der Waals surface area contributed by atoms with Gasteiger partial charge in [0.25, 0.3) is 0 Å². The molecule has 0 N–H and O–H groups in total. The zero-order valence-electron chi connectivity index (χ0n) is 7.24. The van der Waals surface area contributed by atoms with E-state index in [1.54, 1.807) is 6.92 Å². The van der Waals surface area contributed by atoms with Crippen molar-refractivity contribution in [3.63, 3.8) is 0 Å². The normalized spacial score (nSPS) is 10.1. The van der Waals surface area contributed by atoms with Crippen LogP contribution in [-0.2, 0) is 4.79 Å². The van der Waals surface area contributed by atoms with Gasteiger partial charge in [-0.05, 0) is 13.0 Å².